The number of H-pyrrole nitrogens is 1. The van der Waals surface area contributed by atoms with Crippen molar-refractivity contribution in [1.82, 2.24) is 10.2 Å². The summed E-state index contributed by atoms with van der Waals surface area (Å²) >= 11 is 0. The van der Waals surface area contributed by atoms with Crippen LogP contribution in [0.5, 0.6) is 11.5 Å². The number of ether oxygens (including phenoxy) is 3. The van der Waals surface area contributed by atoms with Gasteiger partial charge in [-0.1, -0.05) is 0 Å². The number of anilines is 2. The maximum absolute atomic E-state index is 13.2. The lowest BCUT2D eigenvalue weighted by molar-refractivity contribution is 0.0846. The minimum Gasteiger partial charge on any atom is -0.493 e. The first-order valence-electron chi connectivity index (χ1n) is 10.3. The molecular formula is C23H25FN4O4. The molecule has 0 spiro atoms. The first kappa shape index (κ1) is 21.6. The Morgan fingerprint density at radius 3 is 2.47 bits per heavy atom. The molecule has 0 bridgehead atoms. The van der Waals surface area contributed by atoms with Gasteiger partial charge in [-0.2, -0.15) is 5.10 Å². The molecule has 0 radical (unpaired) electrons. The van der Waals surface area contributed by atoms with Gasteiger partial charge < -0.3 is 24.8 Å². The van der Waals surface area contributed by atoms with E-state index in [-0.39, 0.29) is 11.7 Å². The second kappa shape index (κ2) is 9.69. The highest BCUT2D eigenvalue weighted by Crippen LogP contribution is 2.39. The molecule has 2 aromatic carbocycles. The number of methoxy groups -OCH3 is 2. The van der Waals surface area contributed by atoms with Crippen LogP contribution in [-0.4, -0.2) is 43.7 Å². The molecule has 1 aliphatic heterocycles. The fraction of sp³-hybridized carbons (Fsp3) is 0.304. The molecule has 0 unspecified atom stereocenters. The summed E-state index contributed by atoms with van der Waals surface area (Å²) in [5, 5.41) is 13.3. The quantitative estimate of drug-likeness (QED) is 0.513. The average molecular weight is 440 g/mol. The fourth-order valence-electron chi connectivity index (χ4n) is 3.77. The van der Waals surface area contributed by atoms with Crippen molar-refractivity contribution in [2.45, 2.75) is 18.8 Å². The third-order valence-electron chi connectivity index (χ3n) is 5.42. The van der Waals surface area contributed by atoms with Crippen LogP contribution in [0.4, 0.5) is 20.6 Å². The number of aromatic amines is 1. The van der Waals surface area contributed by atoms with E-state index in [1.165, 1.54) is 24.3 Å². The van der Waals surface area contributed by atoms with E-state index in [0.717, 1.165) is 24.1 Å². The molecule has 1 fully saturated rings. The zero-order chi connectivity index (χ0) is 22.5. The number of benzene rings is 2. The summed E-state index contributed by atoms with van der Waals surface area (Å²) in [4.78, 5) is 12.8. The molecule has 2 heterocycles. The maximum atomic E-state index is 13.2. The highest BCUT2D eigenvalue weighted by Gasteiger charge is 2.26. The van der Waals surface area contributed by atoms with E-state index >= 15 is 0 Å². The molecule has 0 aliphatic carbocycles. The van der Waals surface area contributed by atoms with Crippen LogP contribution in [0, 0.1) is 5.82 Å². The third-order valence-corrected chi connectivity index (χ3v) is 5.42. The summed E-state index contributed by atoms with van der Waals surface area (Å²) in [5.41, 5.74) is 3.25. The Labute approximate surface area is 185 Å². The lowest BCUT2D eigenvalue weighted by Crippen LogP contribution is -2.22. The fourth-order valence-corrected chi connectivity index (χ4v) is 3.77. The number of nitrogens with one attached hydrogen (secondary N) is 3. The molecule has 2 amide bonds. The largest absolute Gasteiger partial charge is 0.493 e. The summed E-state index contributed by atoms with van der Waals surface area (Å²) in [6, 6.07) is 10.6. The van der Waals surface area contributed by atoms with E-state index in [9.17, 15) is 9.18 Å². The van der Waals surface area contributed by atoms with Crippen molar-refractivity contribution in [2.75, 3.05) is 38.1 Å². The Morgan fingerprint density at radius 1 is 1.06 bits per heavy atom. The van der Waals surface area contributed by atoms with Crippen LogP contribution in [0.15, 0.2) is 42.5 Å². The first-order valence-corrected chi connectivity index (χ1v) is 10.3. The van der Waals surface area contributed by atoms with Gasteiger partial charge >= 0.3 is 6.03 Å². The molecular weight excluding hydrogens is 415 g/mol. The molecule has 1 saturated heterocycles. The smallest absolute Gasteiger partial charge is 0.323 e. The van der Waals surface area contributed by atoms with Gasteiger partial charge in [0.25, 0.3) is 0 Å². The van der Waals surface area contributed by atoms with Crippen molar-refractivity contribution in [3.8, 4) is 22.8 Å². The lowest BCUT2D eigenvalue weighted by atomic mass is 9.94. The Kier molecular flexibility index (Phi) is 6.55. The predicted octanol–water partition coefficient (Wildman–Crippen LogP) is 4.77. The molecule has 3 N–H and O–H groups in total. The number of halogens is 1. The van der Waals surface area contributed by atoms with Gasteiger partial charge in [0.1, 0.15) is 11.5 Å². The molecule has 8 nitrogen and oxygen atoms in total. The molecule has 168 valence electrons. The topological polar surface area (TPSA) is 97.5 Å². The van der Waals surface area contributed by atoms with Gasteiger partial charge in [-0.15, -0.1) is 0 Å². The first-order chi connectivity index (χ1) is 15.6. The Bertz CT molecular complexity index is 1080. The third kappa shape index (κ3) is 4.67. The van der Waals surface area contributed by atoms with Gasteiger partial charge in [0, 0.05) is 30.4 Å². The normalized spacial score (nSPS) is 14.1. The lowest BCUT2D eigenvalue weighted by Gasteiger charge is -2.22. The van der Waals surface area contributed by atoms with Crippen LogP contribution >= 0.6 is 0 Å². The van der Waals surface area contributed by atoms with Crippen molar-refractivity contribution in [2.24, 2.45) is 0 Å². The molecule has 4 rings (SSSR count). The number of amides is 2. The number of aromatic nitrogens is 2. The minimum atomic E-state index is -0.451. The van der Waals surface area contributed by atoms with Gasteiger partial charge in [-0.05, 0) is 55.3 Å². The number of carbonyl (C=O) groups is 1. The molecule has 0 atom stereocenters. The summed E-state index contributed by atoms with van der Waals surface area (Å²) in [6.45, 7) is 1.30. The second-order valence-electron chi connectivity index (χ2n) is 7.40. The van der Waals surface area contributed by atoms with E-state index in [4.69, 9.17) is 14.2 Å². The van der Waals surface area contributed by atoms with Crippen molar-refractivity contribution < 1.29 is 23.4 Å². The second-order valence-corrected chi connectivity index (χ2v) is 7.40. The number of carbonyl (C=O) groups excluding carboxylic acids is 1. The molecule has 1 aliphatic rings. The number of hydrogen-bond acceptors (Lipinski definition) is 5. The molecule has 1 aromatic heterocycles. The standard InChI is InChI=1S/C23H25FN4O4/c1-30-18-8-3-15(13-19(18)31-2)21-22(20(27-28-21)14-9-11-32-12-10-14)26-23(29)25-17-6-4-16(24)5-7-17/h3-8,13-14H,9-12H2,1-2H3,(H,27,28)(H2,25,26,29). The number of hydrogen-bond donors (Lipinski definition) is 3. The van der Waals surface area contributed by atoms with E-state index in [1.807, 2.05) is 12.1 Å². The SMILES string of the molecule is COc1ccc(-c2n[nH]c(C3CCOCC3)c2NC(=O)Nc2ccc(F)cc2)cc1OC. The van der Waals surface area contributed by atoms with Gasteiger partial charge in [0.2, 0.25) is 0 Å². The zero-order valence-corrected chi connectivity index (χ0v) is 17.9. The van der Waals surface area contributed by atoms with Crippen molar-refractivity contribution in [3.05, 3.63) is 54.0 Å². The van der Waals surface area contributed by atoms with Crippen LogP contribution in [0.25, 0.3) is 11.3 Å². The molecule has 0 saturated carbocycles. The van der Waals surface area contributed by atoms with E-state index in [0.29, 0.717) is 41.8 Å². The predicted molar refractivity (Wildman–Crippen MR) is 119 cm³/mol. The van der Waals surface area contributed by atoms with Crippen LogP contribution in [0.3, 0.4) is 0 Å². The summed E-state index contributed by atoms with van der Waals surface area (Å²) in [7, 11) is 3.14. The van der Waals surface area contributed by atoms with Crippen LogP contribution < -0.4 is 20.1 Å². The van der Waals surface area contributed by atoms with E-state index < -0.39 is 6.03 Å². The summed E-state index contributed by atoms with van der Waals surface area (Å²) in [5.74, 6) is 0.955. The molecule has 32 heavy (non-hydrogen) atoms. The van der Waals surface area contributed by atoms with Crippen molar-refractivity contribution in [3.63, 3.8) is 0 Å². The van der Waals surface area contributed by atoms with Crippen LogP contribution in [0.1, 0.15) is 24.5 Å². The minimum absolute atomic E-state index is 0.172. The van der Waals surface area contributed by atoms with Crippen LogP contribution in [-0.2, 0) is 4.74 Å². The Morgan fingerprint density at radius 2 is 1.78 bits per heavy atom. The Balaban J connectivity index is 1.67. The zero-order valence-electron chi connectivity index (χ0n) is 17.9. The summed E-state index contributed by atoms with van der Waals surface area (Å²) in [6.07, 6.45) is 1.64. The monoisotopic (exact) mass is 440 g/mol. The number of rotatable bonds is 6. The van der Waals surface area contributed by atoms with E-state index in [1.54, 1.807) is 20.3 Å². The molecule has 9 heteroatoms. The van der Waals surface area contributed by atoms with E-state index in [2.05, 4.69) is 20.8 Å². The molecule has 3 aromatic rings. The van der Waals surface area contributed by atoms with Crippen LogP contribution in [0.2, 0.25) is 0 Å². The highest BCUT2D eigenvalue weighted by molar-refractivity contribution is 6.02. The van der Waals surface area contributed by atoms with Crippen molar-refractivity contribution in [1.29, 1.82) is 0 Å². The average Bonchev–Trinajstić information content (AvgIpc) is 3.23. The van der Waals surface area contributed by atoms with Gasteiger partial charge in [-0.3, -0.25) is 5.10 Å². The van der Waals surface area contributed by atoms with Crippen molar-refractivity contribution >= 4 is 17.4 Å². The highest BCUT2D eigenvalue weighted by atomic mass is 19.1. The maximum Gasteiger partial charge on any atom is 0.323 e. The van der Waals surface area contributed by atoms with Gasteiger partial charge in [-0.25, -0.2) is 9.18 Å². The Hall–Kier alpha value is -3.59. The number of nitrogens with zero attached hydrogens (tertiary/aromatic N) is 1. The number of urea groups is 1. The summed E-state index contributed by atoms with van der Waals surface area (Å²) < 4.78 is 29.4. The van der Waals surface area contributed by atoms with Gasteiger partial charge in [0.05, 0.1) is 25.6 Å². The van der Waals surface area contributed by atoms with Gasteiger partial charge in [0.15, 0.2) is 11.5 Å².